The van der Waals surface area contributed by atoms with E-state index in [1.165, 1.54) is 4.31 Å². The number of hydrogen-bond acceptors (Lipinski definition) is 5. The fraction of sp³-hybridized carbons (Fsp3) is 0.533. The molecule has 1 saturated heterocycles. The van der Waals surface area contributed by atoms with Gasteiger partial charge in [-0.15, -0.1) is 10.2 Å². The van der Waals surface area contributed by atoms with Gasteiger partial charge >= 0.3 is 0 Å². The lowest BCUT2D eigenvalue weighted by atomic mass is 9.99. The number of anilines is 1. The number of amides is 1. The summed E-state index contributed by atoms with van der Waals surface area (Å²) < 4.78 is 27.6. The predicted octanol–water partition coefficient (Wildman–Crippen LogP) is 1.12. The Morgan fingerprint density at radius 1 is 1.38 bits per heavy atom. The molecule has 2 aromatic rings. The number of carbonyl (C=O) groups excluding carboxylic acids is 1. The molecule has 3 heterocycles. The van der Waals surface area contributed by atoms with Crippen LogP contribution in [0.2, 0.25) is 0 Å². The van der Waals surface area contributed by atoms with Gasteiger partial charge in [-0.2, -0.15) is 0 Å². The van der Waals surface area contributed by atoms with Crippen molar-refractivity contribution in [2.75, 3.05) is 24.2 Å². The van der Waals surface area contributed by atoms with Crippen LogP contribution in [0.4, 0.5) is 5.95 Å². The average Bonchev–Trinajstić information content (AvgIpc) is 2.98. The Morgan fingerprint density at radius 3 is 3.00 bits per heavy atom. The van der Waals surface area contributed by atoms with Crippen LogP contribution in [0.25, 0.3) is 5.65 Å². The van der Waals surface area contributed by atoms with Crippen LogP contribution in [0.15, 0.2) is 24.4 Å². The molecule has 0 radical (unpaired) electrons. The summed E-state index contributed by atoms with van der Waals surface area (Å²) in [6, 6.07) is 5.46. The summed E-state index contributed by atoms with van der Waals surface area (Å²) in [5.74, 6) is -0.119. The van der Waals surface area contributed by atoms with E-state index in [0.717, 1.165) is 0 Å². The molecule has 0 spiro atoms. The van der Waals surface area contributed by atoms with E-state index in [0.29, 0.717) is 37.4 Å². The quantitative estimate of drug-likeness (QED) is 0.871. The van der Waals surface area contributed by atoms with E-state index in [1.54, 1.807) is 16.7 Å². The van der Waals surface area contributed by atoms with Crippen LogP contribution in [0.3, 0.4) is 0 Å². The van der Waals surface area contributed by atoms with E-state index in [2.05, 4.69) is 15.5 Å². The Balaban J connectivity index is 1.71. The van der Waals surface area contributed by atoms with Gasteiger partial charge in [-0.1, -0.05) is 13.0 Å². The first kappa shape index (κ1) is 16.8. The summed E-state index contributed by atoms with van der Waals surface area (Å²) in [4.78, 5) is 12.5. The number of carbonyl (C=O) groups is 1. The molecule has 1 fully saturated rings. The molecule has 3 rings (SSSR count). The molecule has 0 unspecified atom stereocenters. The number of rotatable bonds is 5. The van der Waals surface area contributed by atoms with Crippen molar-refractivity contribution in [1.82, 2.24) is 18.9 Å². The highest BCUT2D eigenvalue weighted by molar-refractivity contribution is 7.89. The zero-order valence-electron chi connectivity index (χ0n) is 13.6. The van der Waals surface area contributed by atoms with E-state index >= 15 is 0 Å². The lowest BCUT2D eigenvalue weighted by Gasteiger charge is -2.30. The van der Waals surface area contributed by atoms with Crippen molar-refractivity contribution >= 4 is 27.5 Å². The molecule has 130 valence electrons. The first-order chi connectivity index (χ1) is 11.5. The fourth-order valence-electron chi connectivity index (χ4n) is 2.94. The number of aromatic nitrogens is 3. The van der Waals surface area contributed by atoms with Crippen molar-refractivity contribution in [3.63, 3.8) is 0 Å². The van der Waals surface area contributed by atoms with Gasteiger partial charge in [-0.05, 0) is 31.4 Å². The van der Waals surface area contributed by atoms with Crippen LogP contribution in [0, 0.1) is 5.92 Å². The molecule has 0 saturated carbocycles. The number of piperidine rings is 1. The summed E-state index contributed by atoms with van der Waals surface area (Å²) in [7, 11) is -3.28. The molecule has 24 heavy (non-hydrogen) atoms. The molecule has 1 atom stereocenters. The minimum atomic E-state index is -3.28. The third-order valence-corrected chi connectivity index (χ3v) is 6.20. The topological polar surface area (TPSA) is 96.7 Å². The van der Waals surface area contributed by atoms with Gasteiger partial charge in [0.1, 0.15) is 0 Å². The molecule has 1 N–H and O–H groups in total. The van der Waals surface area contributed by atoms with E-state index in [9.17, 15) is 13.2 Å². The molecule has 0 aromatic carbocycles. The van der Waals surface area contributed by atoms with Crippen molar-refractivity contribution in [3.05, 3.63) is 24.4 Å². The Bertz CT molecular complexity index is 833. The first-order valence-corrected chi connectivity index (χ1v) is 9.70. The van der Waals surface area contributed by atoms with Crippen molar-refractivity contribution in [2.24, 2.45) is 5.92 Å². The summed E-state index contributed by atoms with van der Waals surface area (Å²) in [5, 5.41) is 10.7. The third kappa shape index (κ3) is 3.41. The van der Waals surface area contributed by atoms with Crippen molar-refractivity contribution < 1.29 is 13.2 Å². The highest BCUT2D eigenvalue weighted by atomic mass is 32.2. The average molecular weight is 351 g/mol. The summed E-state index contributed by atoms with van der Waals surface area (Å²) in [5.41, 5.74) is 0.642. The Morgan fingerprint density at radius 2 is 2.21 bits per heavy atom. The number of fused-ring (bicyclic) bond motifs is 1. The minimum absolute atomic E-state index is 0.121. The van der Waals surface area contributed by atoms with E-state index < -0.39 is 10.0 Å². The SMILES string of the molecule is CCCS(=O)(=O)N1CCC[C@H](C(=O)Nc2nnc3ccccn23)C1. The maximum Gasteiger partial charge on any atom is 0.235 e. The van der Waals surface area contributed by atoms with E-state index in [-0.39, 0.29) is 24.1 Å². The normalized spacial score (nSPS) is 19.5. The lowest BCUT2D eigenvalue weighted by Crippen LogP contribution is -2.44. The van der Waals surface area contributed by atoms with Gasteiger partial charge < -0.3 is 0 Å². The van der Waals surface area contributed by atoms with Gasteiger partial charge in [0.05, 0.1) is 11.7 Å². The monoisotopic (exact) mass is 351 g/mol. The molecular formula is C15H21N5O3S. The number of hydrogen-bond donors (Lipinski definition) is 1. The molecular weight excluding hydrogens is 330 g/mol. The number of sulfonamides is 1. The van der Waals surface area contributed by atoms with Crippen LogP contribution in [-0.2, 0) is 14.8 Å². The van der Waals surface area contributed by atoms with E-state index in [1.807, 2.05) is 19.1 Å². The van der Waals surface area contributed by atoms with Gasteiger partial charge in [-0.3, -0.25) is 14.5 Å². The van der Waals surface area contributed by atoms with Crippen LogP contribution < -0.4 is 5.32 Å². The highest BCUT2D eigenvalue weighted by Gasteiger charge is 2.32. The maximum atomic E-state index is 12.5. The maximum absolute atomic E-state index is 12.5. The molecule has 1 aliphatic rings. The van der Waals surface area contributed by atoms with E-state index in [4.69, 9.17) is 0 Å². The van der Waals surface area contributed by atoms with Gasteiger partial charge in [0.25, 0.3) is 0 Å². The Labute approximate surface area is 140 Å². The highest BCUT2D eigenvalue weighted by Crippen LogP contribution is 2.21. The van der Waals surface area contributed by atoms with Gasteiger partial charge in [0, 0.05) is 19.3 Å². The third-order valence-electron chi connectivity index (χ3n) is 4.16. The summed E-state index contributed by atoms with van der Waals surface area (Å²) >= 11 is 0. The van der Waals surface area contributed by atoms with Crippen molar-refractivity contribution in [1.29, 1.82) is 0 Å². The standard InChI is InChI=1S/C15H21N5O3S/c1-2-10-24(22,23)19-8-5-6-12(11-19)14(21)16-15-18-17-13-7-3-4-9-20(13)15/h3-4,7,9,12H,2,5-6,8,10-11H2,1H3,(H,16,18,21)/t12-/m0/s1. The summed E-state index contributed by atoms with van der Waals surface area (Å²) in [6.45, 7) is 2.55. The lowest BCUT2D eigenvalue weighted by molar-refractivity contribution is -0.120. The van der Waals surface area contributed by atoms with Gasteiger partial charge in [0.2, 0.25) is 21.9 Å². The van der Waals surface area contributed by atoms with Crippen LogP contribution >= 0.6 is 0 Å². The molecule has 2 aromatic heterocycles. The van der Waals surface area contributed by atoms with Crippen LogP contribution in [0.5, 0.6) is 0 Å². The number of nitrogens with zero attached hydrogens (tertiary/aromatic N) is 4. The van der Waals surface area contributed by atoms with Crippen molar-refractivity contribution in [2.45, 2.75) is 26.2 Å². The Hall–Kier alpha value is -2.00. The molecule has 1 amide bonds. The second-order valence-corrected chi connectivity index (χ2v) is 8.04. The predicted molar refractivity (Wildman–Crippen MR) is 90.0 cm³/mol. The smallest absolute Gasteiger partial charge is 0.235 e. The molecule has 0 aliphatic carbocycles. The molecule has 1 aliphatic heterocycles. The zero-order valence-corrected chi connectivity index (χ0v) is 14.4. The van der Waals surface area contributed by atoms with Gasteiger partial charge in [-0.25, -0.2) is 12.7 Å². The Kier molecular flexibility index (Phi) is 4.81. The summed E-state index contributed by atoms with van der Waals surface area (Å²) in [6.07, 6.45) is 3.69. The second-order valence-electron chi connectivity index (χ2n) is 5.95. The molecule has 8 nitrogen and oxygen atoms in total. The second kappa shape index (κ2) is 6.86. The van der Waals surface area contributed by atoms with Crippen LogP contribution in [0.1, 0.15) is 26.2 Å². The number of pyridine rings is 1. The van der Waals surface area contributed by atoms with Crippen LogP contribution in [-0.4, -0.2) is 52.1 Å². The zero-order chi connectivity index (χ0) is 17.2. The largest absolute Gasteiger partial charge is 0.294 e. The first-order valence-electron chi connectivity index (χ1n) is 8.09. The number of nitrogens with one attached hydrogen (secondary N) is 1. The minimum Gasteiger partial charge on any atom is -0.294 e. The van der Waals surface area contributed by atoms with Crippen molar-refractivity contribution in [3.8, 4) is 0 Å². The van der Waals surface area contributed by atoms with Gasteiger partial charge in [0.15, 0.2) is 5.65 Å². The molecule has 0 bridgehead atoms. The molecule has 9 heteroatoms. The fourth-order valence-corrected chi connectivity index (χ4v) is 4.52.